The number of alkyl halides is 6. The maximum atomic E-state index is 13.3. The average Bonchev–Trinajstić information content (AvgIpc) is 2.59. The first-order chi connectivity index (χ1) is 12.6. The third-order valence-electron chi connectivity index (χ3n) is 4.75. The molecule has 1 aliphatic heterocycles. The second-order valence-electron chi connectivity index (χ2n) is 6.69. The molecular weight excluding hydrogens is 374 g/mol. The first kappa shape index (κ1) is 19.9. The third-order valence-corrected chi connectivity index (χ3v) is 4.75. The summed E-state index contributed by atoms with van der Waals surface area (Å²) in [7, 11) is 0. The van der Waals surface area contributed by atoms with E-state index in [9.17, 15) is 31.4 Å². The van der Waals surface area contributed by atoms with Crippen LogP contribution in [0.5, 0.6) is 0 Å². The fourth-order valence-corrected chi connectivity index (χ4v) is 3.45. The van der Waals surface area contributed by atoms with Crippen molar-refractivity contribution < 1.29 is 31.4 Å². The van der Waals surface area contributed by atoms with Crippen LogP contribution in [0.4, 0.5) is 26.3 Å². The average molecular weight is 392 g/mol. The summed E-state index contributed by atoms with van der Waals surface area (Å²) in [5, 5.41) is 13.6. The standard InChI is InChI=1S/C18H18F6N2O/c19-17(20,21)13-6-3-5-11-12(9-15(18(22,23)24)26-16(11)13)14(27)8-10-4-1-2-7-25-10/h3,5-6,9-10,14,25,27H,1-2,4,7-8H2/t10-,14+/m1/s1. The minimum absolute atomic E-state index is 0.0999. The lowest BCUT2D eigenvalue weighted by Crippen LogP contribution is -2.35. The minimum atomic E-state index is -4.93. The molecule has 2 heterocycles. The molecule has 0 radical (unpaired) electrons. The normalized spacial score (nSPS) is 20.0. The predicted molar refractivity (Wildman–Crippen MR) is 87.0 cm³/mol. The molecule has 1 saturated heterocycles. The fourth-order valence-electron chi connectivity index (χ4n) is 3.45. The second kappa shape index (κ2) is 7.27. The van der Waals surface area contributed by atoms with E-state index in [-0.39, 0.29) is 23.4 Å². The maximum absolute atomic E-state index is 13.3. The molecule has 9 heteroatoms. The van der Waals surface area contributed by atoms with Gasteiger partial charge in [0.05, 0.1) is 17.2 Å². The topological polar surface area (TPSA) is 45.1 Å². The van der Waals surface area contributed by atoms with Crippen LogP contribution in [-0.2, 0) is 12.4 Å². The van der Waals surface area contributed by atoms with E-state index in [0.717, 1.165) is 31.9 Å². The molecule has 0 amide bonds. The van der Waals surface area contributed by atoms with Gasteiger partial charge in [-0.1, -0.05) is 18.6 Å². The molecule has 0 unspecified atom stereocenters. The molecule has 1 aromatic heterocycles. The van der Waals surface area contributed by atoms with Crippen molar-refractivity contribution in [3.05, 3.63) is 41.1 Å². The van der Waals surface area contributed by atoms with Gasteiger partial charge in [-0.05, 0) is 43.5 Å². The van der Waals surface area contributed by atoms with Gasteiger partial charge in [0, 0.05) is 11.4 Å². The third kappa shape index (κ3) is 4.35. The van der Waals surface area contributed by atoms with Gasteiger partial charge in [-0.25, -0.2) is 4.98 Å². The molecule has 0 bridgehead atoms. The Morgan fingerprint density at radius 1 is 1.11 bits per heavy atom. The van der Waals surface area contributed by atoms with E-state index in [0.29, 0.717) is 12.1 Å². The van der Waals surface area contributed by atoms with Gasteiger partial charge in [-0.3, -0.25) is 0 Å². The lowest BCUT2D eigenvalue weighted by atomic mass is 9.93. The van der Waals surface area contributed by atoms with Crippen molar-refractivity contribution in [3.8, 4) is 0 Å². The number of para-hydroxylation sites is 1. The van der Waals surface area contributed by atoms with E-state index in [1.54, 1.807) is 0 Å². The van der Waals surface area contributed by atoms with Gasteiger partial charge in [-0.2, -0.15) is 26.3 Å². The van der Waals surface area contributed by atoms with Crippen molar-refractivity contribution in [2.45, 2.75) is 50.2 Å². The van der Waals surface area contributed by atoms with Crippen molar-refractivity contribution in [1.82, 2.24) is 10.3 Å². The fraction of sp³-hybridized carbons (Fsp3) is 0.500. The maximum Gasteiger partial charge on any atom is 0.433 e. The number of aliphatic hydroxyl groups excluding tert-OH is 1. The quantitative estimate of drug-likeness (QED) is 0.735. The number of fused-ring (bicyclic) bond motifs is 1. The summed E-state index contributed by atoms with van der Waals surface area (Å²) in [6.45, 7) is 0.737. The Kier molecular flexibility index (Phi) is 5.36. The van der Waals surface area contributed by atoms with Crippen molar-refractivity contribution in [2.75, 3.05) is 6.54 Å². The molecular formula is C18H18F6N2O. The summed E-state index contributed by atoms with van der Waals surface area (Å²) >= 11 is 0. The minimum Gasteiger partial charge on any atom is -0.388 e. The van der Waals surface area contributed by atoms with Crippen LogP contribution < -0.4 is 5.32 Å². The Labute approximate surface area is 151 Å². The molecule has 3 rings (SSSR count). The number of hydrogen-bond donors (Lipinski definition) is 2. The zero-order valence-corrected chi connectivity index (χ0v) is 14.2. The number of aromatic nitrogens is 1. The van der Waals surface area contributed by atoms with Crippen LogP contribution in [0.2, 0.25) is 0 Å². The van der Waals surface area contributed by atoms with E-state index < -0.39 is 35.2 Å². The number of rotatable bonds is 3. The SMILES string of the molecule is O[C@@H](C[C@H]1CCCCN1)c1cc(C(F)(F)F)nc2c(C(F)(F)F)cccc12. The highest BCUT2D eigenvalue weighted by Gasteiger charge is 2.38. The van der Waals surface area contributed by atoms with Crippen LogP contribution in [-0.4, -0.2) is 22.7 Å². The van der Waals surface area contributed by atoms with Gasteiger partial charge in [0.25, 0.3) is 0 Å². The Bertz CT molecular complexity index is 812. The molecule has 2 N–H and O–H groups in total. The second-order valence-corrected chi connectivity index (χ2v) is 6.69. The number of pyridine rings is 1. The molecule has 1 fully saturated rings. The number of hydrogen-bond acceptors (Lipinski definition) is 3. The van der Waals surface area contributed by atoms with Gasteiger partial charge < -0.3 is 10.4 Å². The van der Waals surface area contributed by atoms with E-state index >= 15 is 0 Å². The van der Waals surface area contributed by atoms with Crippen LogP contribution >= 0.6 is 0 Å². The summed E-state index contributed by atoms with van der Waals surface area (Å²) in [6.07, 6.45) is -8.36. The van der Waals surface area contributed by atoms with Gasteiger partial charge in [0.1, 0.15) is 5.69 Å². The lowest BCUT2D eigenvalue weighted by Gasteiger charge is -2.26. The molecule has 2 aromatic rings. The Morgan fingerprint density at radius 2 is 1.85 bits per heavy atom. The van der Waals surface area contributed by atoms with Crippen LogP contribution in [0, 0.1) is 0 Å². The number of piperidine rings is 1. The van der Waals surface area contributed by atoms with Gasteiger partial charge >= 0.3 is 12.4 Å². The van der Waals surface area contributed by atoms with E-state index in [4.69, 9.17) is 0 Å². The first-order valence-corrected chi connectivity index (χ1v) is 8.57. The number of aliphatic hydroxyl groups is 1. The van der Waals surface area contributed by atoms with Gasteiger partial charge in [-0.15, -0.1) is 0 Å². The number of halogens is 6. The molecule has 2 atom stereocenters. The van der Waals surface area contributed by atoms with Crippen molar-refractivity contribution in [1.29, 1.82) is 0 Å². The van der Waals surface area contributed by atoms with Crippen LogP contribution in [0.25, 0.3) is 10.9 Å². The molecule has 27 heavy (non-hydrogen) atoms. The largest absolute Gasteiger partial charge is 0.433 e. The van der Waals surface area contributed by atoms with Crippen molar-refractivity contribution in [2.24, 2.45) is 0 Å². The Hall–Kier alpha value is -1.87. The van der Waals surface area contributed by atoms with Crippen molar-refractivity contribution >= 4 is 10.9 Å². The summed E-state index contributed by atoms with van der Waals surface area (Å²) < 4.78 is 79.4. The van der Waals surface area contributed by atoms with Crippen molar-refractivity contribution in [3.63, 3.8) is 0 Å². The van der Waals surface area contributed by atoms with Crippen LogP contribution in [0.1, 0.15) is 48.6 Å². The smallest absolute Gasteiger partial charge is 0.388 e. The van der Waals surface area contributed by atoms with E-state index in [2.05, 4.69) is 10.3 Å². The van der Waals surface area contributed by atoms with Crippen LogP contribution in [0.3, 0.4) is 0 Å². The van der Waals surface area contributed by atoms with Gasteiger partial charge in [0.2, 0.25) is 0 Å². The number of benzene rings is 1. The van der Waals surface area contributed by atoms with E-state index in [1.807, 2.05) is 0 Å². The predicted octanol–water partition coefficient (Wildman–Crippen LogP) is 4.84. The number of nitrogens with zero attached hydrogens (tertiary/aromatic N) is 1. The van der Waals surface area contributed by atoms with E-state index in [1.165, 1.54) is 6.07 Å². The highest BCUT2D eigenvalue weighted by molar-refractivity contribution is 5.86. The van der Waals surface area contributed by atoms with Gasteiger partial charge in [0.15, 0.2) is 0 Å². The molecule has 3 nitrogen and oxygen atoms in total. The Balaban J connectivity index is 2.12. The summed E-state index contributed by atoms with van der Waals surface area (Å²) in [6, 6.07) is 3.60. The molecule has 148 valence electrons. The highest BCUT2D eigenvalue weighted by Crippen LogP contribution is 2.39. The highest BCUT2D eigenvalue weighted by atomic mass is 19.4. The monoisotopic (exact) mass is 392 g/mol. The first-order valence-electron chi connectivity index (χ1n) is 8.57. The molecule has 0 saturated carbocycles. The zero-order chi connectivity index (χ0) is 19.8. The van der Waals surface area contributed by atoms with Crippen LogP contribution in [0.15, 0.2) is 24.3 Å². The summed E-state index contributed by atoms with van der Waals surface area (Å²) in [4.78, 5) is 3.23. The molecule has 1 aliphatic rings. The molecule has 1 aromatic carbocycles. The Morgan fingerprint density at radius 3 is 2.44 bits per heavy atom. The number of nitrogens with one attached hydrogen (secondary N) is 1. The lowest BCUT2D eigenvalue weighted by molar-refractivity contribution is -0.142. The molecule has 0 aliphatic carbocycles. The summed E-state index contributed by atoms with van der Waals surface area (Å²) in [5.74, 6) is 0. The molecule has 0 spiro atoms. The summed E-state index contributed by atoms with van der Waals surface area (Å²) in [5.41, 5.74) is -3.69. The zero-order valence-electron chi connectivity index (χ0n) is 14.2.